The van der Waals surface area contributed by atoms with Crippen LogP contribution < -0.4 is 0 Å². The topological polar surface area (TPSA) is 29.5 Å². The molecule has 1 fully saturated rings. The van der Waals surface area contributed by atoms with Crippen LogP contribution in [0.5, 0.6) is 0 Å². The van der Waals surface area contributed by atoms with Crippen molar-refractivity contribution in [2.45, 2.75) is 45.6 Å². The van der Waals surface area contributed by atoms with Crippen LogP contribution in [0.25, 0.3) is 0 Å². The minimum atomic E-state index is 0.142. The zero-order chi connectivity index (χ0) is 14.7. The minimum Gasteiger partial charge on any atom is -0.383 e. The van der Waals surface area contributed by atoms with Gasteiger partial charge >= 0.3 is 0 Å². The maximum atomic E-state index is 12.6. The molecule has 0 saturated carbocycles. The summed E-state index contributed by atoms with van der Waals surface area (Å²) in [4.78, 5) is 14.6. The van der Waals surface area contributed by atoms with Gasteiger partial charge in [-0.15, -0.1) is 0 Å². The summed E-state index contributed by atoms with van der Waals surface area (Å²) in [6.45, 7) is 7.92. The summed E-state index contributed by atoms with van der Waals surface area (Å²) in [7, 11) is 1.70. The SMILES string of the molecule is COC[C@H]1CCCN1C(=O)c1ccc(C(C)C)c(C)c1. The van der Waals surface area contributed by atoms with Gasteiger partial charge in [-0.1, -0.05) is 19.9 Å². The summed E-state index contributed by atoms with van der Waals surface area (Å²) in [5.41, 5.74) is 3.32. The second-order valence-corrected chi connectivity index (χ2v) is 5.98. The van der Waals surface area contributed by atoms with E-state index in [1.54, 1.807) is 7.11 Å². The lowest BCUT2D eigenvalue weighted by atomic mass is 9.96. The van der Waals surface area contributed by atoms with E-state index in [1.165, 1.54) is 11.1 Å². The molecule has 1 amide bonds. The number of carbonyl (C=O) groups is 1. The Bertz CT molecular complexity index is 482. The molecule has 1 aromatic carbocycles. The average molecular weight is 275 g/mol. The lowest BCUT2D eigenvalue weighted by Gasteiger charge is -2.24. The summed E-state index contributed by atoms with van der Waals surface area (Å²) >= 11 is 0. The number of methoxy groups -OCH3 is 1. The largest absolute Gasteiger partial charge is 0.383 e. The van der Waals surface area contributed by atoms with E-state index in [2.05, 4.69) is 26.8 Å². The van der Waals surface area contributed by atoms with Crippen LogP contribution >= 0.6 is 0 Å². The van der Waals surface area contributed by atoms with Crippen LogP contribution in [0, 0.1) is 6.92 Å². The molecule has 2 rings (SSSR count). The van der Waals surface area contributed by atoms with E-state index in [9.17, 15) is 4.79 Å². The van der Waals surface area contributed by atoms with Gasteiger partial charge in [0, 0.05) is 19.2 Å². The lowest BCUT2D eigenvalue weighted by Crippen LogP contribution is -2.38. The third-order valence-corrected chi connectivity index (χ3v) is 4.14. The van der Waals surface area contributed by atoms with Gasteiger partial charge in [0.25, 0.3) is 5.91 Å². The van der Waals surface area contributed by atoms with Crippen molar-refractivity contribution in [1.29, 1.82) is 0 Å². The second-order valence-electron chi connectivity index (χ2n) is 5.98. The number of carbonyl (C=O) groups excluding carboxylic acids is 1. The molecule has 0 N–H and O–H groups in total. The monoisotopic (exact) mass is 275 g/mol. The van der Waals surface area contributed by atoms with Crippen LogP contribution in [0.4, 0.5) is 0 Å². The van der Waals surface area contributed by atoms with Crippen LogP contribution in [-0.2, 0) is 4.74 Å². The summed E-state index contributed by atoms with van der Waals surface area (Å²) < 4.78 is 5.22. The molecule has 3 heteroatoms. The van der Waals surface area contributed by atoms with Crippen molar-refractivity contribution >= 4 is 5.91 Å². The Labute approximate surface area is 121 Å². The van der Waals surface area contributed by atoms with Crippen LogP contribution in [0.1, 0.15) is 54.1 Å². The fourth-order valence-electron chi connectivity index (χ4n) is 3.09. The van der Waals surface area contributed by atoms with E-state index >= 15 is 0 Å². The third-order valence-electron chi connectivity index (χ3n) is 4.14. The molecule has 1 atom stereocenters. The molecule has 1 aromatic rings. The number of nitrogens with zero attached hydrogens (tertiary/aromatic N) is 1. The van der Waals surface area contributed by atoms with E-state index in [0.717, 1.165) is 24.9 Å². The highest BCUT2D eigenvalue weighted by Crippen LogP contribution is 2.24. The molecule has 3 nitrogen and oxygen atoms in total. The van der Waals surface area contributed by atoms with Gasteiger partial charge in [0.15, 0.2) is 0 Å². The molecule has 1 heterocycles. The normalized spacial score (nSPS) is 18.9. The van der Waals surface area contributed by atoms with Gasteiger partial charge in [-0.05, 0) is 48.9 Å². The van der Waals surface area contributed by atoms with E-state index in [0.29, 0.717) is 12.5 Å². The molecule has 1 saturated heterocycles. The Morgan fingerprint density at radius 3 is 2.80 bits per heavy atom. The van der Waals surface area contributed by atoms with Crippen molar-refractivity contribution in [3.05, 3.63) is 34.9 Å². The maximum Gasteiger partial charge on any atom is 0.254 e. The highest BCUT2D eigenvalue weighted by Gasteiger charge is 2.29. The number of hydrogen-bond donors (Lipinski definition) is 0. The molecule has 0 radical (unpaired) electrons. The van der Waals surface area contributed by atoms with Crippen molar-refractivity contribution in [1.82, 2.24) is 4.90 Å². The lowest BCUT2D eigenvalue weighted by molar-refractivity contribution is 0.0630. The Balaban J connectivity index is 2.19. The number of aryl methyl sites for hydroxylation is 1. The smallest absolute Gasteiger partial charge is 0.254 e. The van der Waals surface area contributed by atoms with Crippen molar-refractivity contribution in [2.24, 2.45) is 0 Å². The fraction of sp³-hybridized carbons (Fsp3) is 0.588. The first kappa shape index (κ1) is 15.0. The predicted molar refractivity (Wildman–Crippen MR) is 81.2 cm³/mol. The molecule has 1 aliphatic rings. The van der Waals surface area contributed by atoms with Gasteiger partial charge in [0.2, 0.25) is 0 Å². The Hall–Kier alpha value is -1.35. The van der Waals surface area contributed by atoms with Crippen LogP contribution in [0.2, 0.25) is 0 Å². The first-order chi connectivity index (χ1) is 9.54. The molecular formula is C17H25NO2. The second kappa shape index (κ2) is 6.40. The van der Waals surface area contributed by atoms with Gasteiger partial charge in [0.05, 0.1) is 12.6 Å². The summed E-state index contributed by atoms with van der Waals surface area (Å²) in [6, 6.07) is 6.32. The maximum absolute atomic E-state index is 12.6. The minimum absolute atomic E-state index is 0.142. The Morgan fingerprint density at radius 2 is 2.20 bits per heavy atom. The van der Waals surface area contributed by atoms with Crippen LogP contribution in [0.15, 0.2) is 18.2 Å². The van der Waals surface area contributed by atoms with Crippen molar-refractivity contribution in [2.75, 3.05) is 20.3 Å². The van der Waals surface area contributed by atoms with Gasteiger partial charge in [-0.25, -0.2) is 0 Å². The highest BCUT2D eigenvalue weighted by molar-refractivity contribution is 5.95. The van der Waals surface area contributed by atoms with Gasteiger partial charge in [-0.3, -0.25) is 4.79 Å². The summed E-state index contributed by atoms with van der Waals surface area (Å²) in [5.74, 6) is 0.634. The first-order valence-corrected chi connectivity index (χ1v) is 7.45. The average Bonchev–Trinajstić information content (AvgIpc) is 2.86. The molecule has 110 valence electrons. The first-order valence-electron chi connectivity index (χ1n) is 7.45. The van der Waals surface area contributed by atoms with Crippen molar-refractivity contribution < 1.29 is 9.53 Å². The molecule has 1 aliphatic heterocycles. The zero-order valence-corrected chi connectivity index (χ0v) is 13.0. The van der Waals surface area contributed by atoms with E-state index in [1.807, 2.05) is 17.0 Å². The number of benzene rings is 1. The van der Waals surface area contributed by atoms with Gasteiger partial charge < -0.3 is 9.64 Å². The van der Waals surface area contributed by atoms with Crippen molar-refractivity contribution in [3.8, 4) is 0 Å². The molecule has 0 spiro atoms. The number of hydrogen-bond acceptors (Lipinski definition) is 2. The number of ether oxygens (including phenoxy) is 1. The highest BCUT2D eigenvalue weighted by atomic mass is 16.5. The fourth-order valence-corrected chi connectivity index (χ4v) is 3.09. The molecule has 0 aliphatic carbocycles. The number of likely N-dealkylation sites (tertiary alicyclic amines) is 1. The number of amides is 1. The summed E-state index contributed by atoms with van der Waals surface area (Å²) in [6.07, 6.45) is 2.12. The van der Waals surface area contributed by atoms with Gasteiger partial charge in [0.1, 0.15) is 0 Å². The standard InChI is InChI=1S/C17H25NO2/c1-12(2)16-8-7-14(10-13(16)3)17(19)18-9-5-6-15(18)11-20-4/h7-8,10,12,15H,5-6,9,11H2,1-4H3/t15-/m1/s1. The molecule has 0 unspecified atom stereocenters. The quantitative estimate of drug-likeness (QED) is 0.843. The Kier molecular flexibility index (Phi) is 4.81. The van der Waals surface area contributed by atoms with E-state index < -0.39 is 0 Å². The van der Waals surface area contributed by atoms with Crippen LogP contribution in [0.3, 0.4) is 0 Å². The summed E-state index contributed by atoms with van der Waals surface area (Å²) in [5, 5.41) is 0. The van der Waals surface area contributed by atoms with E-state index in [-0.39, 0.29) is 11.9 Å². The molecule has 20 heavy (non-hydrogen) atoms. The molecule has 0 aromatic heterocycles. The third kappa shape index (κ3) is 3.04. The van der Waals surface area contributed by atoms with Crippen molar-refractivity contribution in [3.63, 3.8) is 0 Å². The molecule has 0 bridgehead atoms. The van der Waals surface area contributed by atoms with Crippen LogP contribution in [-0.4, -0.2) is 37.1 Å². The van der Waals surface area contributed by atoms with Gasteiger partial charge in [-0.2, -0.15) is 0 Å². The van der Waals surface area contributed by atoms with E-state index in [4.69, 9.17) is 4.74 Å². The zero-order valence-electron chi connectivity index (χ0n) is 13.0. The predicted octanol–water partition coefficient (Wildman–Crippen LogP) is 3.37. The Morgan fingerprint density at radius 1 is 1.45 bits per heavy atom. The molecular weight excluding hydrogens is 250 g/mol. The number of rotatable bonds is 4.